The van der Waals surface area contributed by atoms with E-state index >= 15 is 0 Å². The van der Waals surface area contributed by atoms with Crippen molar-refractivity contribution in [3.05, 3.63) is 23.0 Å². The first-order chi connectivity index (χ1) is 8.08. The first-order valence-electron chi connectivity index (χ1n) is 6.56. The van der Waals surface area contributed by atoms with E-state index in [1.165, 1.54) is 29.8 Å². The van der Waals surface area contributed by atoms with Crippen LogP contribution in [0.25, 0.3) is 0 Å². The molecule has 0 aromatic carbocycles. The number of hydrogen-bond donors (Lipinski definition) is 2. The highest BCUT2D eigenvalue weighted by Gasteiger charge is 2.32. The minimum atomic E-state index is -0.0177. The molecule has 1 heterocycles. The fourth-order valence-corrected chi connectivity index (χ4v) is 2.84. The molecule has 17 heavy (non-hydrogen) atoms. The predicted molar refractivity (Wildman–Crippen MR) is 70.0 cm³/mol. The lowest BCUT2D eigenvalue weighted by molar-refractivity contribution is 0.163. The average Bonchev–Trinajstić information content (AvgIpc) is 2.89. The Labute approximate surface area is 104 Å². The summed E-state index contributed by atoms with van der Waals surface area (Å²) in [6.07, 6.45) is 4.68. The maximum Gasteiger partial charge on any atom is 0.0613 e. The normalized spacial score (nSPS) is 18.8. The van der Waals surface area contributed by atoms with Crippen molar-refractivity contribution in [3.8, 4) is 0 Å². The number of nitrogens with one attached hydrogen (secondary N) is 1. The molecule has 2 N–H and O–H groups in total. The smallest absolute Gasteiger partial charge is 0.0613 e. The van der Waals surface area contributed by atoms with Crippen LogP contribution in [0.3, 0.4) is 0 Å². The fourth-order valence-electron chi connectivity index (χ4n) is 2.84. The summed E-state index contributed by atoms with van der Waals surface area (Å²) in [4.78, 5) is 0. The summed E-state index contributed by atoms with van der Waals surface area (Å²) >= 11 is 0. The lowest BCUT2D eigenvalue weighted by Gasteiger charge is -2.28. The van der Waals surface area contributed by atoms with Crippen LogP contribution in [0.5, 0.6) is 0 Å². The molecule has 3 nitrogen and oxygen atoms in total. The fraction of sp³-hybridized carbons (Fsp3) is 0.714. The first-order valence-corrected chi connectivity index (χ1v) is 6.56. The molecule has 1 aromatic heterocycles. The van der Waals surface area contributed by atoms with Crippen LogP contribution in [-0.2, 0) is 13.6 Å². The predicted octanol–water partition coefficient (Wildman–Crippen LogP) is 2.04. The lowest BCUT2D eigenvalue weighted by Crippen LogP contribution is -2.45. The van der Waals surface area contributed by atoms with Gasteiger partial charge < -0.3 is 15.0 Å². The van der Waals surface area contributed by atoms with Crippen molar-refractivity contribution in [2.24, 2.45) is 7.05 Å². The van der Waals surface area contributed by atoms with Gasteiger partial charge in [0.25, 0.3) is 0 Å². The van der Waals surface area contributed by atoms with Crippen LogP contribution in [0.2, 0.25) is 0 Å². The van der Waals surface area contributed by atoms with Crippen LogP contribution < -0.4 is 5.32 Å². The monoisotopic (exact) mass is 236 g/mol. The molecule has 0 atom stereocenters. The molecule has 0 bridgehead atoms. The number of aromatic nitrogens is 1. The van der Waals surface area contributed by atoms with Crippen LogP contribution in [0, 0.1) is 13.8 Å². The van der Waals surface area contributed by atoms with Crippen LogP contribution in [0.15, 0.2) is 6.07 Å². The van der Waals surface area contributed by atoms with E-state index in [4.69, 9.17) is 0 Å². The molecule has 0 unspecified atom stereocenters. The molecule has 96 valence electrons. The van der Waals surface area contributed by atoms with Crippen molar-refractivity contribution in [1.29, 1.82) is 0 Å². The van der Waals surface area contributed by atoms with Crippen molar-refractivity contribution < 1.29 is 5.11 Å². The van der Waals surface area contributed by atoms with Crippen LogP contribution >= 0.6 is 0 Å². The zero-order chi connectivity index (χ0) is 12.5. The Bertz CT molecular complexity index is 389. The Morgan fingerprint density at radius 1 is 1.35 bits per heavy atom. The van der Waals surface area contributed by atoms with Crippen LogP contribution in [-0.4, -0.2) is 21.8 Å². The van der Waals surface area contributed by atoms with Gasteiger partial charge in [0.15, 0.2) is 0 Å². The molecule has 0 saturated heterocycles. The number of aliphatic hydroxyl groups excluding tert-OH is 1. The Morgan fingerprint density at radius 3 is 2.47 bits per heavy atom. The number of nitrogens with zero attached hydrogens (tertiary/aromatic N) is 1. The Morgan fingerprint density at radius 2 is 2.00 bits per heavy atom. The van der Waals surface area contributed by atoms with Crippen molar-refractivity contribution >= 4 is 0 Å². The average molecular weight is 236 g/mol. The molecule has 1 aromatic rings. The maximum atomic E-state index is 9.56. The van der Waals surface area contributed by atoms with Gasteiger partial charge in [0, 0.05) is 30.5 Å². The maximum absolute atomic E-state index is 9.56. The highest BCUT2D eigenvalue weighted by atomic mass is 16.3. The molecule has 0 spiro atoms. The zero-order valence-electron chi connectivity index (χ0n) is 11.2. The summed E-state index contributed by atoms with van der Waals surface area (Å²) in [6.45, 7) is 5.42. The minimum absolute atomic E-state index is 0.0177. The van der Waals surface area contributed by atoms with E-state index in [1.807, 2.05) is 0 Å². The SMILES string of the molecule is Cc1cc(CNC2(CO)CCCC2)c(C)n1C. The van der Waals surface area contributed by atoms with E-state index < -0.39 is 0 Å². The van der Waals surface area contributed by atoms with E-state index in [9.17, 15) is 5.11 Å². The largest absolute Gasteiger partial charge is 0.394 e. The number of aliphatic hydroxyl groups is 1. The molecule has 2 rings (SSSR count). The van der Waals surface area contributed by atoms with Crippen LogP contribution in [0.4, 0.5) is 0 Å². The highest BCUT2D eigenvalue weighted by Crippen LogP contribution is 2.29. The van der Waals surface area contributed by atoms with E-state index in [0.29, 0.717) is 0 Å². The van der Waals surface area contributed by atoms with E-state index in [0.717, 1.165) is 19.4 Å². The molecule has 1 saturated carbocycles. The molecule has 1 aliphatic rings. The molecule has 1 fully saturated rings. The molecular formula is C14H24N2O. The van der Waals surface area contributed by atoms with E-state index in [1.54, 1.807) is 0 Å². The van der Waals surface area contributed by atoms with Crippen molar-refractivity contribution in [3.63, 3.8) is 0 Å². The van der Waals surface area contributed by atoms with E-state index in [2.05, 4.69) is 36.8 Å². The molecule has 0 aliphatic heterocycles. The minimum Gasteiger partial charge on any atom is -0.394 e. The lowest BCUT2D eigenvalue weighted by atomic mass is 9.98. The van der Waals surface area contributed by atoms with Gasteiger partial charge in [-0.2, -0.15) is 0 Å². The van der Waals surface area contributed by atoms with Crippen LogP contribution in [0.1, 0.15) is 42.6 Å². The van der Waals surface area contributed by atoms with Gasteiger partial charge in [0.05, 0.1) is 6.61 Å². The third-order valence-corrected chi connectivity index (χ3v) is 4.40. The quantitative estimate of drug-likeness (QED) is 0.839. The van der Waals surface area contributed by atoms with Crippen molar-refractivity contribution in [2.45, 2.75) is 51.6 Å². The first kappa shape index (κ1) is 12.7. The Balaban J connectivity index is 2.04. The number of aryl methyl sites for hydroxylation is 1. The third-order valence-electron chi connectivity index (χ3n) is 4.40. The van der Waals surface area contributed by atoms with Gasteiger partial charge >= 0.3 is 0 Å². The Hall–Kier alpha value is -0.800. The Kier molecular flexibility index (Phi) is 3.59. The van der Waals surface area contributed by atoms with E-state index in [-0.39, 0.29) is 12.1 Å². The molecule has 3 heteroatoms. The summed E-state index contributed by atoms with van der Waals surface area (Å²) in [6, 6.07) is 2.24. The van der Waals surface area contributed by atoms with Crippen molar-refractivity contribution in [1.82, 2.24) is 9.88 Å². The summed E-state index contributed by atoms with van der Waals surface area (Å²) in [5.74, 6) is 0. The van der Waals surface area contributed by atoms with Gasteiger partial charge in [-0.15, -0.1) is 0 Å². The number of hydrogen-bond acceptors (Lipinski definition) is 2. The second-order valence-corrected chi connectivity index (χ2v) is 5.45. The topological polar surface area (TPSA) is 37.2 Å². The summed E-state index contributed by atoms with van der Waals surface area (Å²) in [5.41, 5.74) is 3.95. The summed E-state index contributed by atoms with van der Waals surface area (Å²) in [5, 5.41) is 13.1. The second-order valence-electron chi connectivity index (χ2n) is 5.45. The molecule has 0 radical (unpaired) electrons. The van der Waals surface area contributed by atoms with Gasteiger partial charge in [0.2, 0.25) is 0 Å². The summed E-state index contributed by atoms with van der Waals surface area (Å²) in [7, 11) is 2.10. The second kappa shape index (κ2) is 4.83. The van der Waals surface area contributed by atoms with Gasteiger partial charge in [-0.25, -0.2) is 0 Å². The molecule has 0 amide bonds. The van der Waals surface area contributed by atoms with Gasteiger partial charge in [0.1, 0.15) is 0 Å². The highest BCUT2D eigenvalue weighted by molar-refractivity contribution is 5.26. The number of rotatable bonds is 4. The molecular weight excluding hydrogens is 212 g/mol. The summed E-state index contributed by atoms with van der Waals surface area (Å²) < 4.78 is 2.22. The van der Waals surface area contributed by atoms with Gasteiger partial charge in [-0.05, 0) is 38.3 Å². The van der Waals surface area contributed by atoms with Crippen molar-refractivity contribution in [2.75, 3.05) is 6.61 Å². The third kappa shape index (κ3) is 2.40. The standard InChI is InChI=1S/C14H24N2O/c1-11-8-13(12(2)16(11)3)9-15-14(10-17)6-4-5-7-14/h8,15,17H,4-7,9-10H2,1-3H3. The molecule has 1 aliphatic carbocycles. The zero-order valence-corrected chi connectivity index (χ0v) is 11.2. The van der Waals surface area contributed by atoms with Gasteiger partial charge in [-0.1, -0.05) is 12.8 Å². The van der Waals surface area contributed by atoms with Gasteiger partial charge in [-0.3, -0.25) is 0 Å².